The van der Waals surface area contributed by atoms with Crippen molar-refractivity contribution in [2.75, 3.05) is 51.7 Å². The van der Waals surface area contributed by atoms with Gasteiger partial charge in [0.2, 0.25) is 33.7 Å². The third kappa shape index (κ3) is 6.60. The molecule has 4 fully saturated rings. The Morgan fingerprint density at radius 3 is 2.52 bits per heavy atom. The molecule has 3 heterocycles. The Bertz CT molecular complexity index is 1720. The highest BCUT2D eigenvalue weighted by molar-refractivity contribution is 7.91. The number of benzene rings is 1. The number of amides is 3. The zero-order valence-electron chi connectivity index (χ0n) is 27.6. The van der Waals surface area contributed by atoms with Gasteiger partial charge in [-0.05, 0) is 70.5 Å². The molecule has 258 valence electrons. The normalized spacial score (nSPS) is 31.0. The molecule has 48 heavy (non-hydrogen) atoms. The van der Waals surface area contributed by atoms with Crippen LogP contribution in [0.5, 0.6) is 5.88 Å². The third-order valence-electron chi connectivity index (χ3n) is 10.6. The van der Waals surface area contributed by atoms with Crippen molar-refractivity contribution in [2.45, 2.75) is 68.3 Å². The van der Waals surface area contributed by atoms with Crippen molar-refractivity contribution in [2.24, 2.45) is 17.8 Å². The van der Waals surface area contributed by atoms with E-state index in [2.05, 4.69) is 26.9 Å². The van der Waals surface area contributed by atoms with Gasteiger partial charge in [-0.15, -0.1) is 0 Å². The number of ether oxygens (including phenoxy) is 1. The predicted molar refractivity (Wildman–Crippen MR) is 180 cm³/mol. The Morgan fingerprint density at radius 1 is 1.00 bits per heavy atom. The maximum Gasteiger partial charge on any atom is 0.259 e. The largest absolute Gasteiger partial charge is 0.474 e. The number of rotatable bonds is 6. The SMILES string of the molecule is CN1CCN(c2nc(O[C@@H]3C[C@H]4C(=O)N[C@]5(C(=O)NS(=O)(=O)C6CC6)C[C@@H]5/C=C\CCCCN(C)C(=O)[C@@H]4C3)c3ccccc3n2)CC1. The molecule has 2 aliphatic heterocycles. The summed E-state index contributed by atoms with van der Waals surface area (Å²) in [5, 5.41) is 3.13. The van der Waals surface area contributed by atoms with E-state index in [4.69, 9.17) is 14.7 Å². The van der Waals surface area contributed by atoms with Crippen molar-refractivity contribution in [1.82, 2.24) is 29.8 Å². The minimum atomic E-state index is -3.81. The molecular formula is C34H45N7O6S. The molecule has 14 heteroatoms. The van der Waals surface area contributed by atoms with Gasteiger partial charge in [0.1, 0.15) is 11.6 Å². The first-order valence-electron chi connectivity index (χ1n) is 17.2. The summed E-state index contributed by atoms with van der Waals surface area (Å²) in [4.78, 5) is 57.4. The molecule has 5 aliphatic rings. The van der Waals surface area contributed by atoms with E-state index in [1.165, 1.54) is 0 Å². The number of nitrogens with zero attached hydrogens (tertiary/aromatic N) is 5. The lowest BCUT2D eigenvalue weighted by molar-refractivity contribution is -0.140. The van der Waals surface area contributed by atoms with Crippen LogP contribution in [-0.4, -0.2) is 110 Å². The Kier molecular flexibility index (Phi) is 8.82. The Hall–Kier alpha value is -3.78. The number of likely N-dealkylation sites (N-methyl/N-ethyl adjacent to an activating group) is 1. The number of hydrogen-bond acceptors (Lipinski definition) is 10. The molecule has 0 spiro atoms. The van der Waals surface area contributed by atoms with Crippen LogP contribution in [0.2, 0.25) is 0 Å². The lowest BCUT2D eigenvalue weighted by atomic mass is 9.93. The Labute approximate surface area is 281 Å². The van der Waals surface area contributed by atoms with E-state index in [0.29, 0.717) is 44.1 Å². The molecule has 5 atom stereocenters. The van der Waals surface area contributed by atoms with Crippen LogP contribution >= 0.6 is 0 Å². The van der Waals surface area contributed by atoms with Gasteiger partial charge in [0.05, 0.1) is 28.0 Å². The highest BCUT2D eigenvalue weighted by Gasteiger charge is 2.62. The summed E-state index contributed by atoms with van der Waals surface area (Å²) >= 11 is 0. The van der Waals surface area contributed by atoms with Gasteiger partial charge >= 0.3 is 0 Å². The first kappa shape index (κ1) is 32.8. The number of sulfonamides is 1. The van der Waals surface area contributed by atoms with Crippen LogP contribution in [0.1, 0.15) is 51.4 Å². The van der Waals surface area contributed by atoms with E-state index < -0.39 is 50.6 Å². The van der Waals surface area contributed by atoms with Gasteiger partial charge in [-0.25, -0.2) is 13.4 Å². The fourth-order valence-corrected chi connectivity index (χ4v) is 8.69. The minimum absolute atomic E-state index is 0.137. The van der Waals surface area contributed by atoms with Gasteiger partial charge in [-0.2, -0.15) is 4.98 Å². The number of piperazine rings is 1. The van der Waals surface area contributed by atoms with Gasteiger partial charge < -0.3 is 24.8 Å². The maximum absolute atomic E-state index is 14.1. The fourth-order valence-electron chi connectivity index (χ4n) is 7.32. The quantitative estimate of drug-likeness (QED) is 0.433. The van der Waals surface area contributed by atoms with E-state index in [1.807, 2.05) is 36.4 Å². The van der Waals surface area contributed by atoms with Crippen LogP contribution < -0.4 is 19.7 Å². The summed E-state index contributed by atoms with van der Waals surface area (Å²) in [6.07, 6.45) is 7.72. The molecule has 0 radical (unpaired) electrons. The molecular weight excluding hydrogens is 634 g/mol. The number of nitrogens with one attached hydrogen (secondary N) is 2. The molecule has 13 nitrogen and oxygen atoms in total. The van der Waals surface area contributed by atoms with Crippen LogP contribution in [0.25, 0.3) is 10.9 Å². The van der Waals surface area contributed by atoms with E-state index in [0.717, 1.165) is 56.3 Å². The molecule has 2 N–H and O–H groups in total. The Balaban J connectivity index is 1.16. The van der Waals surface area contributed by atoms with Crippen LogP contribution in [0.3, 0.4) is 0 Å². The molecule has 7 rings (SSSR count). The maximum atomic E-state index is 14.1. The molecule has 3 aliphatic carbocycles. The van der Waals surface area contributed by atoms with E-state index in [9.17, 15) is 22.8 Å². The number of fused-ring (bicyclic) bond motifs is 3. The van der Waals surface area contributed by atoms with Crippen LogP contribution in [0.4, 0.5) is 5.95 Å². The highest BCUT2D eigenvalue weighted by atomic mass is 32.2. The summed E-state index contributed by atoms with van der Waals surface area (Å²) in [5.41, 5.74) is -0.623. The van der Waals surface area contributed by atoms with Crippen molar-refractivity contribution >= 4 is 44.6 Å². The standard InChI is InChI=1S/C34H45N7O6S/c1-39-15-17-41(18-16-39)33-35-28-11-7-6-10-25(28)30(36-33)47-23-19-26-27(20-23)31(43)40(2)14-8-4-3-5-9-22-21-34(22,37-29(26)42)32(44)38-48(45,46)24-12-13-24/h5-7,9-11,22-24,26-27H,3-4,8,12-21H2,1-2H3,(H,37,42)(H,38,44)/b9-5-/t22-,23+,26+,27+,34+/m0/s1. The second-order valence-electron chi connectivity index (χ2n) is 14.2. The molecule has 1 saturated heterocycles. The van der Waals surface area contributed by atoms with Gasteiger partial charge in [0.25, 0.3) is 5.91 Å². The van der Waals surface area contributed by atoms with Gasteiger partial charge in [-0.3, -0.25) is 19.1 Å². The molecule has 0 bridgehead atoms. The number of anilines is 1. The average Bonchev–Trinajstić information content (AvgIpc) is 3.99. The summed E-state index contributed by atoms with van der Waals surface area (Å²) in [7, 11) is 0.0474. The average molecular weight is 680 g/mol. The lowest BCUT2D eigenvalue weighted by Gasteiger charge is -2.32. The smallest absolute Gasteiger partial charge is 0.259 e. The van der Waals surface area contributed by atoms with Crippen molar-refractivity contribution in [3.8, 4) is 5.88 Å². The van der Waals surface area contributed by atoms with Crippen molar-refractivity contribution in [3.63, 3.8) is 0 Å². The van der Waals surface area contributed by atoms with E-state index >= 15 is 0 Å². The van der Waals surface area contributed by atoms with Crippen molar-refractivity contribution in [1.29, 1.82) is 0 Å². The van der Waals surface area contributed by atoms with Crippen LogP contribution in [-0.2, 0) is 24.4 Å². The monoisotopic (exact) mass is 679 g/mol. The van der Waals surface area contributed by atoms with E-state index in [1.54, 1.807) is 11.9 Å². The molecule has 3 saturated carbocycles. The van der Waals surface area contributed by atoms with Crippen LogP contribution in [0.15, 0.2) is 36.4 Å². The summed E-state index contributed by atoms with van der Waals surface area (Å²) < 4.78 is 34.3. The number of carbonyl (C=O) groups is 3. The molecule has 1 aromatic heterocycles. The second kappa shape index (κ2) is 12.9. The number of hydrogen-bond donors (Lipinski definition) is 2. The van der Waals surface area contributed by atoms with Gasteiger partial charge in [0, 0.05) is 45.7 Å². The van der Waals surface area contributed by atoms with Gasteiger partial charge in [-0.1, -0.05) is 24.3 Å². The lowest BCUT2D eigenvalue weighted by Crippen LogP contribution is -2.54. The first-order valence-corrected chi connectivity index (χ1v) is 18.8. The highest BCUT2D eigenvalue weighted by Crippen LogP contribution is 2.47. The zero-order valence-corrected chi connectivity index (χ0v) is 28.5. The first-order chi connectivity index (χ1) is 23.0. The van der Waals surface area contributed by atoms with Crippen molar-refractivity contribution in [3.05, 3.63) is 36.4 Å². The van der Waals surface area contributed by atoms with Gasteiger partial charge in [0.15, 0.2) is 0 Å². The van der Waals surface area contributed by atoms with Crippen LogP contribution in [0, 0.1) is 17.8 Å². The number of aromatic nitrogens is 2. The third-order valence-corrected chi connectivity index (χ3v) is 12.4. The minimum Gasteiger partial charge on any atom is -0.474 e. The Morgan fingerprint density at radius 2 is 1.75 bits per heavy atom. The molecule has 1 aromatic carbocycles. The summed E-state index contributed by atoms with van der Waals surface area (Å²) in [6, 6.07) is 7.67. The fraction of sp³-hybridized carbons (Fsp3) is 0.618. The second-order valence-corrected chi connectivity index (χ2v) is 16.2. The number of allylic oxidation sites excluding steroid dienone is 1. The van der Waals surface area contributed by atoms with E-state index in [-0.39, 0.29) is 18.2 Å². The molecule has 2 aromatic rings. The molecule has 3 amide bonds. The van der Waals surface area contributed by atoms with Crippen molar-refractivity contribution < 1.29 is 27.5 Å². The topological polar surface area (TPSA) is 154 Å². The number of carbonyl (C=O) groups excluding carboxylic acids is 3. The summed E-state index contributed by atoms with van der Waals surface area (Å²) in [6.45, 7) is 3.94. The predicted octanol–water partition coefficient (Wildman–Crippen LogP) is 1.84. The number of para-hydroxylation sites is 1. The zero-order chi connectivity index (χ0) is 33.6. The summed E-state index contributed by atoms with van der Waals surface area (Å²) in [5.74, 6) is -2.05. The molecule has 0 unspecified atom stereocenters.